The molecule has 1 N–H and O–H groups in total. The molecule has 0 bridgehead atoms. The van der Waals surface area contributed by atoms with Crippen molar-refractivity contribution < 1.29 is 5.11 Å². The zero-order chi connectivity index (χ0) is 9.26. The zero-order valence-electron chi connectivity index (χ0n) is 7.66. The SMILES string of the molecule is C=CCc1cccc2c1C[C@@H](O)C2. The molecule has 1 aromatic carbocycles. The van der Waals surface area contributed by atoms with Crippen molar-refractivity contribution in [2.45, 2.75) is 25.4 Å². The van der Waals surface area contributed by atoms with Gasteiger partial charge in [-0.1, -0.05) is 24.3 Å². The van der Waals surface area contributed by atoms with Crippen molar-refractivity contribution in [3.8, 4) is 0 Å². The summed E-state index contributed by atoms with van der Waals surface area (Å²) in [4.78, 5) is 0. The first kappa shape index (κ1) is 8.52. The van der Waals surface area contributed by atoms with Gasteiger partial charge in [0.15, 0.2) is 0 Å². The van der Waals surface area contributed by atoms with E-state index in [9.17, 15) is 5.11 Å². The number of hydrogen-bond acceptors (Lipinski definition) is 1. The zero-order valence-corrected chi connectivity index (χ0v) is 7.66. The van der Waals surface area contributed by atoms with Gasteiger partial charge in [-0.05, 0) is 36.0 Å². The second-order valence-corrected chi connectivity index (χ2v) is 3.61. The Balaban J connectivity index is 2.39. The Labute approximate surface area is 78.7 Å². The van der Waals surface area contributed by atoms with Gasteiger partial charge in [0.2, 0.25) is 0 Å². The van der Waals surface area contributed by atoms with E-state index in [1.807, 2.05) is 6.08 Å². The van der Waals surface area contributed by atoms with Crippen molar-refractivity contribution in [3.05, 3.63) is 47.5 Å². The molecule has 0 saturated heterocycles. The fourth-order valence-corrected chi connectivity index (χ4v) is 2.05. The summed E-state index contributed by atoms with van der Waals surface area (Å²) in [6.45, 7) is 3.74. The van der Waals surface area contributed by atoms with Gasteiger partial charge in [-0.25, -0.2) is 0 Å². The number of hydrogen-bond donors (Lipinski definition) is 1. The molecule has 1 aliphatic rings. The highest BCUT2D eigenvalue weighted by atomic mass is 16.3. The molecule has 68 valence electrons. The lowest BCUT2D eigenvalue weighted by atomic mass is 10.0. The van der Waals surface area contributed by atoms with E-state index >= 15 is 0 Å². The summed E-state index contributed by atoms with van der Waals surface area (Å²) >= 11 is 0. The van der Waals surface area contributed by atoms with Gasteiger partial charge in [-0.15, -0.1) is 6.58 Å². The van der Waals surface area contributed by atoms with Crippen LogP contribution in [0.2, 0.25) is 0 Å². The van der Waals surface area contributed by atoms with Crippen LogP contribution in [0.5, 0.6) is 0 Å². The molecule has 1 nitrogen and oxygen atoms in total. The quantitative estimate of drug-likeness (QED) is 0.679. The minimum absolute atomic E-state index is 0.166. The largest absolute Gasteiger partial charge is 0.392 e. The molecule has 0 saturated carbocycles. The van der Waals surface area contributed by atoms with E-state index in [2.05, 4.69) is 24.8 Å². The third kappa shape index (κ3) is 1.52. The van der Waals surface area contributed by atoms with Crippen LogP contribution in [0.15, 0.2) is 30.9 Å². The van der Waals surface area contributed by atoms with Gasteiger partial charge in [0, 0.05) is 0 Å². The van der Waals surface area contributed by atoms with E-state index in [4.69, 9.17) is 0 Å². The fraction of sp³-hybridized carbons (Fsp3) is 0.333. The molecule has 2 rings (SSSR count). The molecule has 0 heterocycles. The average Bonchev–Trinajstić information content (AvgIpc) is 2.47. The highest BCUT2D eigenvalue weighted by Gasteiger charge is 2.20. The molecule has 0 unspecified atom stereocenters. The summed E-state index contributed by atoms with van der Waals surface area (Å²) in [5, 5.41) is 9.52. The summed E-state index contributed by atoms with van der Waals surface area (Å²) < 4.78 is 0. The number of fused-ring (bicyclic) bond motifs is 1. The van der Waals surface area contributed by atoms with Crippen LogP contribution in [0.3, 0.4) is 0 Å². The number of aliphatic hydroxyl groups is 1. The van der Waals surface area contributed by atoms with Crippen LogP contribution in [0.25, 0.3) is 0 Å². The maximum absolute atomic E-state index is 9.52. The van der Waals surface area contributed by atoms with Gasteiger partial charge in [-0.2, -0.15) is 0 Å². The topological polar surface area (TPSA) is 20.2 Å². The van der Waals surface area contributed by atoms with E-state index in [1.54, 1.807) is 0 Å². The van der Waals surface area contributed by atoms with Crippen LogP contribution in [0, 0.1) is 0 Å². The number of rotatable bonds is 2. The van der Waals surface area contributed by atoms with E-state index < -0.39 is 0 Å². The van der Waals surface area contributed by atoms with Crippen molar-refractivity contribution in [2.24, 2.45) is 0 Å². The van der Waals surface area contributed by atoms with Crippen LogP contribution < -0.4 is 0 Å². The fourth-order valence-electron chi connectivity index (χ4n) is 2.05. The Morgan fingerprint density at radius 2 is 2.31 bits per heavy atom. The van der Waals surface area contributed by atoms with E-state index in [-0.39, 0.29) is 6.10 Å². The standard InChI is InChI=1S/C12H14O/c1-2-4-9-5-3-6-10-7-11(13)8-12(9)10/h2-3,5-6,11,13H,1,4,7-8H2/t11-/m0/s1. The molecule has 1 aliphatic carbocycles. The van der Waals surface area contributed by atoms with Crippen LogP contribution in [0.4, 0.5) is 0 Å². The summed E-state index contributed by atoms with van der Waals surface area (Å²) in [6.07, 6.45) is 4.30. The Hall–Kier alpha value is -1.08. The van der Waals surface area contributed by atoms with Gasteiger partial charge >= 0.3 is 0 Å². The highest BCUT2D eigenvalue weighted by Crippen LogP contribution is 2.25. The number of aliphatic hydroxyl groups excluding tert-OH is 1. The van der Waals surface area contributed by atoms with Crippen molar-refractivity contribution >= 4 is 0 Å². The lowest BCUT2D eigenvalue weighted by molar-refractivity contribution is 0.187. The first-order valence-corrected chi connectivity index (χ1v) is 4.70. The van der Waals surface area contributed by atoms with Crippen molar-refractivity contribution in [2.75, 3.05) is 0 Å². The summed E-state index contributed by atoms with van der Waals surface area (Å²) in [5.41, 5.74) is 3.98. The minimum Gasteiger partial charge on any atom is -0.392 e. The van der Waals surface area contributed by atoms with Crippen LogP contribution in [0.1, 0.15) is 16.7 Å². The van der Waals surface area contributed by atoms with Crippen LogP contribution >= 0.6 is 0 Å². The lowest BCUT2D eigenvalue weighted by Crippen LogP contribution is -2.04. The van der Waals surface area contributed by atoms with E-state index in [1.165, 1.54) is 16.7 Å². The van der Waals surface area contributed by atoms with Gasteiger partial charge in [0.25, 0.3) is 0 Å². The second kappa shape index (κ2) is 3.35. The third-order valence-electron chi connectivity index (χ3n) is 2.63. The molecule has 0 radical (unpaired) electrons. The third-order valence-corrected chi connectivity index (χ3v) is 2.63. The monoisotopic (exact) mass is 174 g/mol. The predicted octanol–water partition coefficient (Wildman–Crippen LogP) is 1.87. The van der Waals surface area contributed by atoms with E-state index in [0.29, 0.717) is 0 Å². The summed E-state index contributed by atoms with van der Waals surface area (Å²) in [5.74, 6) is 0. The Morgan fingerprint density at radius 3 is 3.08 bits per heavy atom. The number of allylic oxidation sites excluding steroid dienone is 1. The Kier molecular flexibility index (Phi) is 2.19. The Morgan fingerprint density at radius 1 is 1.46 bits per heavy atom. The highest BCUT2D eigenvalue weighted by molar-refractivity contribution is 5.40. The smallest absolute Gasteiger partial charge is 0.0621 e. The lowest BCUT2D eigenvalue weighted by Gasteiger charge is -2.04. The Bertz CT molecular complexity index is 328. The molecule has 1 atom stereocenters. The average molecular weight is 174 g/mol. The second-order valence-electron chi connectivity index (χ2n) is 3.61. The first-order chi connectivity index (χ1) is 6.31. The maximum atomic E-state index is 9.52. The van der Waals surface area contributed by atoms with Crippen LogP contribution in [-0.2, 0) is 19.3 Å². The normalized spacial score (nSPS) is 19.9. The number of benzene rings is 1. The molecule has 0 aliphatic heterocycles. The molecule has 13 heavy (non-hydrogen) atoms. The van der Waals surface area contributed by atoms with Crippen molar-refractivity contribution in [1.82, 2.24) is 0 Å². The molecule has 0 amide bonds. The minimum atomic E-state index is -0.166. The van der Waals surface area contributed by atoms with Crippen LogP contribution in [-0.4, -0.2) is 11.2 Å². The van der Waals surface area contributed by atoms with Gasteiger partial charge in [0.05, 0.1) is 6.10 Å². The molecular formula is C12H14O. The summed E-state index contributed by atoms with van der Waals surface area (Å²) in [7, 11) is 0. The molecule has 1 heteroatoms. The summed E-state index contributed by atoms with van der Waals surface area (Å²) in [6, 6.07) is 6.30. The molecule has 1 aromatic rings. The van der Waals surface area contributed by atoms with Gasteiger partial charge in [-0.3, -0.25) is 0 Å². The van der Waals surface area contributed by atoms with Gasteiger partial charge < -0.3 is 5.11 Å². The van der Waals surface area contributed by atoms with E-state index in [0.717, 1.165) is 19.3 Å². The molecule has 0 spiro atoms. The first-order valence-electron chi connectivity index (χ1n) is 4.70. The molecular weight excluding hydrogens is 160 g/mol. The maximum Gasteiger partial charge on any atom is 0.0621 e. The molecule has 0 fully saturated rings. The predicted molar refractivity (Wildman–Crippen MR) is 53.8 cm³/mol. The van der Waals surface area contributed by atoms with Crippen molar-refractivity contribution in [3.63, 3.8) is 0 Å². The molecule has 0 aromatic heterocycles. The van der Waals surface area contributed by atoms with Crippen molar-refractivity contribution in [1.29, 1.82) is 0 Å². The van der Waals surface area contributed by atoms with Gasteiger partial charge in [0.1, 0.15) is 0 Å².